The molecular formula is C19H23N5O4. The van der Waals surface area contributed by atoms with Crippen molar-refractivity contribution in [1.82, 2.24) is 15.1 Å². The highest BCUT2D eigenvalue weighted by molar-refractivity contribution is 5.80. The lowest BCUT2D eigenvalue weighted by atomic mass is 10.1. The van der Waals surface area contributed by atoms with Crippen LogP contribution in [0.1, 0.15) is 18.4 Å². The highest BCUT2D eigenvalue weighted by Crippen LogP contribution is 2.21. The Morgan fingerprint density at radius 2 is 2.07 bits per heavy atom. The maximum atomic E-state index is 12.7. The number of hydrogen-bond donors (Lipinski definition) is 0. The number of para-hydroxylation sites is 1. The van der Waals surface area contributed by atoms with Crippen LogP contribution < -0.4 is 9.64 Å². The monoisotopic (exact) mass is 385 g/mol. The summed E-state index contributed by atoms with van der Waals surface area (Å²) in [4.78, 5) is 26.9. The average molecular weight is 385 g/mol. The molecule has 0 saturated carbocycles. The molecule has 2 heterocycles. The van der Waals surface area contributed by atoms with E-state index >= 15 is 0 Å². The Morgan fingerprint density at radius 3 is 2.75 bits per heavy atom. The maximum absolute atomic E-state index is 12.7. The number of nitrogens with zero attached hydrogens (tertiary/aromatic N) is 5. The molecule has 1 amide bonds. The van der Waals surface area contributed by atoms with Crippen molar-refractivity contribution in [1.29, 1.82) is 0 Å². The van der Waals surface area contributed by atoms with Crippen LogP contribution in [-0.2, 0) is 11.2 Å². The number of aromatic nitrogens is 2. The zero-order valence-corrected chi connectivity index (χ0v) is 15.9. The van der Waals surface area contributed by atoms with Crippen molar-refractivity contribution in [3.8, 4) is 5.88 Å². The zero-order chi connectivity index (χ0) is 20.1. The summed E-state index contributed by atoms with van der Waals surface area (Å²) in [7, 11) is 3.76. The molecule has 1 aromatic heterocycles. The molecule has 1 aromatic carbocycles. The van der Waals surface area contributed by atoms with Gasteiger partial charge in [0.05, 0.1) is 17.9 Å². The summed E-state index contributed by atoms with van der Waals surface area (Å²) in [6.45, 7) is 1.04. The Labute approximate surface area is 163 Å². The number of hydrogen-bond acceptors (Lipinski definition) is 7. The Morgan fingerprint density at radius 1 is 1.29 bits per heavy atom. The van der Waals surface area contributed by atoms with Crippen LogP contribution in [0.4, 0.5) is 11.5 Å². The summed E-state index contributed by atoms with van der Waals surface area (Å²) in [5, 5.41) is 19.3. The van der Waals surface area contributed by atoms with E-state index < -0.39 is 4.92 Å². The summed E-state index contributed by atoms with van der Waals surface area (Å²) in [5.74, 6) is 1.01. The van der Waals surface area contributed by atoms with E-state index in [1.807, 2.05) is 25.1 Å². The highest BCUT2D eigenvalue weighted by atomic mass is 16.6. The fraction of sp³-hybridized carbons (Fsp3) is 0.421. The number of benzene rings is 1. The Bertz CT molecular complexity index is 840. The number of piperidine rings is 1. The number of carbonyl (C=O) groups is 1. The van der Waals surface area contributed by atoms with Gasteiger partial charge in [0.2, 0.25) is 11.8 Å². The first kappa shape index (κ1) is 19.5. The largest absolute Gasteiger partial charge is 0.471 e. The number of rotatable bonds is 6. The second-order valence-electron chi connectivity index (χ2n) is 6.91. The number of amides is 1. The smallest absolute Gasteiger partial charge is 0.273 e. The lowest BCUT2D eigenvalue weighted by Crippen LogP contribution is -2.45. The minimum Gasteiger partial charge on any atom is -0.471 e. The second kappa shape index (κ2) is 8.64. The third-order valence-corrected chi connectivity index (χ3v) is 4.63. The van der Waals surface area contributed by atoms with Gasteiger partial charge in [0, 0.05) is 38.3 Å². The van der Waals surface area contributed by atoms with Crippen molar-refractivity contribution >= 4 is 17.4 Å². The number of carbonyl (C=O) groups excluding carboxylic acids is 1. The zero-order valence-electron chi connectivity index (χ0n) is 15.9. The molecule has 0 N–H and O–H groups in total. The summed E-state index contributed by atoms with van der Waals surface area (Å²) < 4.78 is 5.89. The van der Waals surface area contributed by atoms with Crippen molar-refractivity contribution in [2.24, 2.45) is 0 Å². The standard InChI is InChI=1S/C19H23N5O4/c1-22(2)17-9-10-18(21-20-17)28-15-7-5-11-23(13-15)19(25)12-14-6-3-4-8-16(14)24(26)27/h3-4,6,8-10,15H,5,7,11-13H2,1-2H3. The molecule has 9 heteroatoms. The first-order valence-corrected chi connectivity index (χ1v) is 9.12. The predicted molar refractivity (Wildman–Crippen MR) is 103 cm³/mol. The first-order valence-electron chi connectivity index (χ1n) is 9.12. The molecule has 3 rings (SSSR count). The van der Waals surface area contributed by atoms with Crippen molar-refractivity contribution in [2.75, 3.05) is 32.1 Å². The van der Waals surface area contributed by atoms with Crippen molar-refractivity contribution in [3.63, 3.8) is 0 Å². The van der Waals surface area contributed by atoms with Crippen molar-refractivity contribution in [3.05, 3.63) is 52.1 Å². The van der Waals surface area contributed by atoms with E-state index in [1.54, 1.807) is 29.2 Å². The van der Waals surface area contributed by atoms with Crippen LogP contribution in [0, 0.1) is 10.1 Å². The number of nitro benzene ring substituents is 1. The van der Waals surface area contributed by atoms with Crippen LogP contribution in [-0.4, -0.2) is 59.2 Å². The Balaban J connectivity index is 1.61. The van der Waals surface area contributed by atoms with Gasteiger partial charge in [-0.25, -0.2) is 0 Å². The van der Waals surface area contributed by atoms with Gasteiger partial charge in [-0.2, -0.15) is 0 Å². The molecule has 1 aliphatic heterocycles. The molecule has 9 nitrogen and oxygen atoms in total. The van der Waals surface area contributed by atoms with Gasteiger partial charge in [-0.05, 0) is 18.9 Å². The molecule has 1 unspecified atom stereocenters. The third-order valence-electron chi connectivity index (χ3n) is 4.63. The van der Waals surface area contributed by atoms with Crippen LogP contribution in [0.3, 0.4) is 0 Å². The van der Waals surface area contributed by atoms with E-state index in [9.17, 15) is 14.9 Å². The summed E-state index contributed by atoms with van der Waals surface area (Å²) in [6, 6.07) is 9.92. The van der Waals surface area contributed by atoms with Gasteiger partial charge in [0.1, 0.15) is 6.10 Å². The SMILES string of the molecule is CN(C)c1ccc(OC2CCCN(C(=O)Cc3ccccc3[N+](=O)[O-])C2)nn1. The number of ether oxygens (including phenoxy) is 1. The number of likely N-dealkylation sites (tertiary alicyclic amines) is 1. The van der Waals surface area contributed by atoms with Gasteiger partial charge in [-0.3, -0.25) is 14.9 Å². The average Bonchev–Trinajstić information content (AvgIpc) is 2.69. The van der Waals surface area contributed by atoms with Crippen LogP contribution in [0.15, 0.2) is 36.4 Å². The van der Waals surface area contributed by atoms with E-state index in [0.717, 1.165) is 18.7 Å². The maximum Gasteiger partial charge on any atom is 0.273 e. The fourth-order valence-corrected chi connectivity index (χ4v) is 3.16. The van der Waals surface area contributed by atoms with E-state index in [-0.39, 0.29) is 24.1 Å². The molecule has 1 atom stereocenters. The van der Waals surface area contributed by atoms with Crippen molar-refractivity contribution in [2.45, 2.75) is 25.4 Å². The molecule has 1 saturated heterocycles. The molecule has 0 radical (unpaired) electrons. The van der Waals surface area contributed by atoms with E-state index in [4.69, 9.17) is 4.74 Å². The van der Waals surface area contributed by atoms with Gasteiger partial charge < -0.3 is 14.5 Å². The van der Waals surface area contributed by atoms with Crippen LogP contribution in [0.25, 0.3) is 0 Å². The van der Waals surface area contributed by atoms with Gasteiger partial charge in [0.15, 0.2) is 5.82 Å². The van der Waals surface area contributed by atoms with Crippen LogP contribution >= 0.6 is 0 Å². The molecule has 0 bridgehead atoms. The van der Waals surface area contributed by atoms with Gasteiger partial charge >= 0.3 is 0 Å². The molecule has 0 spiro atoms. The van der Waals surface area contributed by atoms with Crippen molar-refractivity contribution < 1.29 is 14.5 Å². The third kappa shape index (κ3) is 4.73. The first-order chi connectivity index (χ1) is 13.4. The molecule has 0 aliphatic carbocycles. The van der Waals surface area contributed by atoms with E-state index in [2.05, 4.69) is 10.2 Å². The predicted octanol–water partition coefficient (Wildman–Crippen LogP) is 2.06. The minimum absolute atomic E-state index is 0.00120. The van der Waals surface area contributed by atoms with Gasteiger partial charge in [-0.15, -0.1) is 10.2 Å². The van der Waals surface area contributed by atoms with Gasteiger partial charge in [-0.1, -0.05) is 18.2 Å². The lowest BCUT2D eigenvalue weighted by molar-refractivity contribution is -0.385. The fourth-order valence-electron chi connectivity index (χ4n) is 3.16. The normalized spacial score (nSPS) is 16.5. The van der Waals surface area contributed by atoms with E-state index in [1.165, 1.54) is 6.07 Å². The minimum atomic E-state index is -0.458. The summed E-state index contributed by atoms with van der Waals surface area (Å²) >= 11 is 0. The molecule has 28 heavy (non-hydrogen) atoms. The van der Waals surface area contributed by atoms with E-state index in [0.29, 0.717) is 24.5 Å². The summed E-state index contributed by atoms with van der Waals surface area (Å²) in [6.07, 6.45) is 1.44. The molecule has 148 valence electrons. The topological polar surface area (TPSA) is 102 Å². The van der Waals surface area contributed by atoms with Crippen LogP contribution in [0.2, 0.25) is 0 Å². The lowest BCUT2D eigenvalue weighted by Gasteiger charge is -2.32. The van der Waals surface area contributed by atoms with Gasteiger partial charge in [0.25, 0.3) is 5.69 Å². The molecule has 1 fully saturated rings. The molecule has 1 aliphatic rings. The number of nitro groups is 1. The molecule has 2 aromatic rings. The Hall–Kier alpha value is -3.23. The second-order valence-corrected chi connectivity index (χ2v) is 6.91. The highest BCUT2D eigenvalue weighted by Gasteiger charge is 2.27. The Kier molecular flexibility index (Phi) is 6.03. The van der Waals surface area contributed by atoms with Crippen LogP contribution in [0.5, 0.6) is 5.88 Å². The molecular weight excluding hydrogens is 362 g/mol. The summed E-state index contributed by atoms with van der Waals surface area (Å²) in [5.41, 5.74) is 0.391. The quantitative estimate of drug-likeness (QED) is 0.554. The number of anilines is 1.